The van der Waals surface area contributed by atoms with Gasteiger partial charge in [0.2, 0.25) is 12.7 Å². The zero-order valence-corrected chi connectivity index (χ0v) is 18.8. The highest BCUT2D eigenvalue weighted by Crippen LogP contribution is 2.51. The maximum Gasteiger partial charge on any atom is 0.336 e. The van der Waals surface area contributed by atoms with Crippen LogP contribution in [0.4, 0.5) is 5.69 Å². The molecule has 0 saturated heterocycles. The number of fused-ring (bicyclic) bond motifs is 2. The summed E-state index contributed by atoms with van der Waals surface area (Å²) in [5, 5.41) is 10.5. The standard InChI is InChI=1S/C26H22ClNO5/c1-2-12-28-21-11-10-17(27)13-20(21)26(25(28)31,19-8-4-3-7-18(19)24(29)30)14-16-6-5-9-22-23(16)33-15-32-22/h3-11,13H,2,12,14-15H2,1H3,(H,29,30). The second-order valence-corrected chi connectivity index (χ2v) is 8.64. The summed E-state index contributed by atoms with van der Waals surface area (Å²) in [6.45, 7) is 2.61. The number of carboxylic acids is 1. The van der Waals surface area contributed by atoms with Crippen LogP contribution in [0.2, 0.25) is 5.02 Å². The molecule has 1 unspecified atom stereocenters. The lowest BCUT2D eigenvalue weighted by Gasteiger charge is -2.31. The van der Waals surface area contributed by atoms with Crippen molar-refractivity contribution in [3.63, 3.8) is 0 Å². The van der Waals surface area contributed by atoms with E-state index in [1.807, 2.05) is 31.2 Å². The van der Waals surface area contributed by atoms with Crippen molar-refractivity contribution in [1.82, 2.24) is 0 Å². The van der Waals surface area contributed by atoms with Crippen LogP contribution in [0, 0.1) is 0 Å². The molecule has 6 nitrogen and oxygen atoms in total. The Morgan fingerprint density at radius 2 is 1.91 bits per heavy atom. The Balaban J connectivity index is 1.82. The quantitative estimate of drug-likeness (QED) is 0.553. The molecule has 1 N–H and O–H groups in total. The van der Waals surface area contributed by atoms with Crippen molar-refractivity contribution in [1.29, 1.82) is 0 Å². The van der Waals surface area contributed by atoms with Crippen LogP contribution in [0.1, 0.15) is 40.4 Å². The highest BCUT2D eigenvalue weighted by Gasteiger charge is 2.53. The summed E-state index contributed by atoms with van der Waals surface area (Å²) in [6, 6.07) is 17.6. The first-order valence-electron chi connectivity index (χ1n) is 10.8. The number of carbonyl (C=O) groups excluding carboxylic acids is 1. The third-order valence-corrected chi connectivity index (χ3v) is 6.55. The largest absolute Gasteiger partial charge is 0.478 e. The lowest BCUT2D eigenvalue weighted by Crippen LogP contribution is -2.44. The monoisotopic (exact) mass is 463 g/mol. The van der Waals surface area contributed by atoms with Gasteiger partial charge in [0.15, 0.2) is 11.5 Å². The Hall–Kier alpha value is -3.51. The smallest absolute Gasteiger partial charge is 0.336 e. The third-order valence-electron chi connectivity index (χ3n) is 6.32. The second-order valence-electron chi connectivity index (χ2n) is 8.20. The Morgan fingerprint density at radius 1 is 1.09 bits per heavy atom. The molecule has 5 rings (SSSR count). The lowest BCUT2D eigenvalue weighted by atomic mass is 9.69. The molecule has 7 heteroatoms. The van der Waals surface area contributed by atoms with E-state index >= 15 is 0 Å². The van der Waals surface area contributed by atoms with Gasteiger partial charge in [-0.05, 0) is 59.9 Å². The average Bonchev–Trinajstić information content (AvgIpc) is 3.38. The molecule has 0 radical (unpaired) electrons. The highest BCUT2D eigenvalue weighted by molar-refractivity contribution is 6.31. The van der Waals surface area contributed by atoms with Gasteiger partial charge in [0.25, 0.3) is 0 Å². The zero-order valence-electron chi connectivity index (χ0n) is 18.0. The molecule has 0 aromatic heterocycles. The topological polar surface area (TPSA) is 76.1 Å². The van der Waals surface area contributed by atoms with Gasteiger partial charge in [0.1, 0.15) is 5.41 Å². The SMILES string of the molecule is CCCN1C(=O)C(Cc2cccc3c2OCO3)(c2ccccc2C(=O)O)c2cc(Cl)ccc21. The number of halogens is 1. The second kappa shape index (κ2) is 8.12. The van der Waals surface area contributed by atoms with Gasteiger partial charge >= 0.3 is 5.97 Å². The van der Waals surface area contributed by atoms with Crippen LogP contribution in [0.15, 0.2) is 60.7 Å². The Morgan fingerprint density at radius 3 is 2.70 bits per heavy atom. The summed E-state index contributed by atoms with van der Waals surface area (Å²) in [5.41, 5.74) is 1.43. The number of nitrogens with zero attached hydrogens (tertiary/aromatic N) is 1. The number of carboxylic acid groups (broad SMARTS) is 1. The van der Waals surface area contributed by atoms with E-state index in [1.54, 1.807) is 35.2 Å². The molecule has 1 amide bonds. The van der Waals surface area contributed by atoms with E-state index in [9.17, 15) is 14.7 Å². The van der Waals surface area contributed by atoms with Gasteiger partial charge in [-0.25, -0.2) is 4.79 Å². The minimum atomic E-state index is -1.29. The number of ether oxygens (including phenoxy) is 2. The molecule has 1 atom stereocenters. The number of benzene rings is 3. The van der Waals surface area contributed by atoms with Crippen LogP contribution in [0.3, 0.4) is 0 Å². The average molecular weight is 464 g/mol. The Labute approximate surface area is 196 Å². The number of aromatic carboxylic acids is 1. The Bertz CT molecular complexity index is 1270. The van der Waals surface area contributed by atoms with Crippen LogP contribution in [-0.4, -0.2) is 30.3 Å². The van der Waals surface area contributed by atoms with Crippen LogP contribution in [0.25, 0.3) is 0 Å². The van der Waals surface area contributed by atoms with Crippen molar-refractivity contribution in [3.8, 4) is 11.5 Å². The van der Waals surface area contributed by atoms with Gasteiger partial charge in [-0.1, -0.05) is 48.9 Å². The molecular formula is C26H22ClNO5. The minimum Gasteiger partial charge on any atom is -0.478 e. The lowest BCUT2D eigenvalue weighted by molar-refractivity contribution is -0.121. The van der Waals surface area contributed by atoms with Crippen LogP contribution >= 0.6 is 11.6 Å². The number of amides is 1. The number of hydrogen-bond acceptors (Lipinski definition) is 4. The van der Waals surface area contributed by atoms with Crippen molar-refractivity contribution in [2.45, 2.75) is 25.2 Å². The van der Waals surface area contributed by atoms with Gasteiger partial charge in [-0.2, -0.15) is 0 Å². The van der Waals surface area contributed by atoms with E-state index < -0.39 is 11.4 Å². The first kappa shape index (κ1) is 21.3. The number of rotatable bonds is 6. The molecular weight excluding hydrogens is 442 g/mol. The van der Waals surface area contributed by atoms with Gasteiger partial charge in [-0.15, -0.1) is 0 Å². The van der Waals surface area contributed by atoms with Gasteiger partial charge < -0.3 is 19.5 Å². The van der Waals surface area contributed by atoms with E-state index in [2.05, 4.69) is 0 Å². The van der Waals surface area contributed by atoms with E-state index in [4.69, 9.17) is 21.1 Å². The molecule has 0 fully saturated rings. The number of anilines is 1. The normalized spacial score (nSPS) is 18.5. The summed E-state index contributed by atoms with van der Waals surface area (Å²) >= 11 is 6.42. The van der Waals surface area contributed by atoms with E-state index in [1.165, 1.54) is 6.07 Å². The third kappa shape index (κ3) is 3.25. The number of hydrogen-bond donors (Lipinski definition) is 1. The molecule has 2 aliphatic heterocycles. The summed E-state index contributed by atoms with van der Waals surface area (Å²) in [4.78, 5) is 28.3. The fourth-order valence-electron chi connectivity index (χ4n) is 4.97. The van der Waals surface area contributed by atoms with Crippen molar-refractivity contribution < 1.29 is 24.2 Å². The van der Waals surface area contributed by atoms with Crippen LogP contribution < -0.4 is 14.4 Å². The summed E-state index contributed by atoms with van der Waals surface area (Å²) in [5.74, 6) is -0.0775. The maximum absolute atomic E-state index is 14.3. The number of para-hydroxylation sites is 1. The molecule has 0 bridgehead atoms. The van der Waals surface area contributed by atoms with E-state index in [0.29, 0.717) is 34.2 Å². The van der Waals surface area contributed by atoms with Gasteiger partial charge in [0.05, 0.1) is 5.56 Å². The van der Waals surface area contributed by atoms with Crippen molar-refractivity contribution in [2.24, 2.45) is 0 Å². The minimum absolute atomic E-state index is 0.0832. The first-order valence-corrected chi connectivity index (χ1v) is 11.2. The zero-order chi connectivity index (χ0) is 23.2. The van der Waals surface area contributed by atoms with Crippen molar-refractivity contribution in [2.75, 3.05) is 18.2 Å². The molecule has 0 spiro atoms. The molecule has 2 heterocycles. The summed E-state index contributed by atoms with van der Waals surface area (Å²) < 4.78 is 11.3. The highest BCUT2D eigenvalue weighted by atomic mass is 35.5. The summed E-state index contributed by atoms with van der Waals surface area (Å²) in [7, 11) is 0. The molecule has 168 valence electrons. The van der Waals surface area contributed by atoms with Gasteiger partial charge in [-0.3, -0.25) is 4.79 Å². The maximum atomic E-state index is 14.3. The molecule has 3 aromatic carbocycles. The first-order chi connectivity index (χ1) is 16.0. The molecule has 0 aliphatic carbocycles. The predicted octanol–water partition coefficient (Wildman–Crippen LogP) is 5.05. The number of carbonyl (C=O) groups is 2. The predicted molar refractivity (Wildman–Crippen MR) is 125 cm³/mol. The Kier molecular flexibility index (Phi) is 5.25. The fourth-order valence-corrected chi connectivity index (χ4v) is 5.14. The molecule has 3 aromatic rings. The van der Waals surface area contributed by atoms with Crippen LogP contribution in [-0.2, 0) is 16.6 Å². The van der Waals surface area contributed by atoms with Crippen molar-refractivity contribution in [3.05, 3.63) is 87.9 Å². The molecule has 0 saturated carbocycles. The van der Waals surface area contributed by atoms with E-state index in [-0.39, 0.29) is 24.7 Å². The van der Waals surface area contributed by atoms with Gasteiger partial charge in [0, 0.05) is 17.3 Å². The molecule has 33 heavy (non-hydrogen) atoms. The van der Waals surface area contributed by atoms with Crippen molar-refractivity contribution >= 4 is 29.2 Å². The molecule has 2 aliphatic rings. The van der Waals surface area contributed by atoms with Crippen LogP contribution in [0.5, 0.6) is 11.5 Å². The fraction of sp³-hybridized carbons (Fsp3) is 0.231. The van der Waals surface area contributed by atoms with E-state index in [0.717, 1.165) is 17.7 Å². The summed E-state index contributed by atoms with van der Waals surface area (Å²) in [6.07, 6.45) is 0.957.